The van der Waals surface area contributed by atoms with Crippen molar-refractivity contribution < 1.29 is 14.4 Å². The van der Waals surface area contributed by atoms with Crippen molar-refractivity contribution in [3.05, 3.63) is 64.6 Å². The van der Waals surface area contributed by atoms with E-state index >= 15 is 0 Å². The Morgan fingerprint density at radius 2 is 1.65 bits per heavy atom. The number of hydrogen-bond acceptors (Lipinski definition) is 4. The second-order valence-corrected chi connectivity index (χ2v) is 5.98. The summed E-state index contributed by atoms with van der Waals surface area (Å²) in [5, 5.41) is 0.919. The number of nitrogens with zero attached hydrogens (tertiary/aromatic N) is 1. The van der Waals surface area contributed by atoms with E-state index in [0.717, 1.165) is 5.39 Å². The Bertz CT molecular complexity index is 1040. The van der Waals surface area contributed by atoms with Crippen LogP contribution in [0.25, 0.3) is 10.9 Å². The van der Waals surface area contributed by atoms with Crippen molar-refractivity contribution in [3.8, 4) is 0 Å². The number of ketones is 1. The fraction of sp³-hybridized carbons (Fsp3) is 0.158. The molecule has 0 bridgehead atoms. The number of carbonyl (C=O) groups excluding carboxylic acids is 3. The van der Waals surface area contributed by atoms with Gasteiger partial charge < -0.3 is 4.98 Å². The fourth-order valence-corrected chi connectivity index (χ4v) is 2.94. The Kier molecular flexibility index (Phi) is 4.53. The SMILES string of the molecule is CC(=O)c1c(C)[nH]c(C(=O)NNC(=O)c2ccc3ccccc3n2)c1C. The van der Waals surface area contributed by atoms with E-state index in [9.17, 15) is 14.4 Å². The Labute approximate surface area is 149 Å². The van der Waals surface area contributed by atoms with E-state index < -0.39 is 11.8 Å². The normalized spacial score (nSPS) is 10.6. The average molecular weight is 350 g/mol. The highest BCUT2D eigenvalue weighted by atomic mass is 16.2. The monoisotopic (exact) mass is 350 g/mol. The lowest BCUT2D eigenvalue weighted by molar-refractivity contribution is 0.0841. The van der Waals surface area contributed by atoms with Gasteiger partial charge in [-0.05, 0) is 38.5 Å². The first-order valence-electron chi connectivity index (χ1n) is 8.05. The molecule has 3 rings (SSSR count). The molecule has 2 aromatic heterocycles. The molecule has 0 saturated heterocycles. The third-order valence-corrected chi connectivity index (χ3v) is 4.14. The fourth-order valence-electron chi connectivity index (χ4n) is 2.94. The van der Waals surface area contributed by atoms with Crippen LogP contribution in [0.5, 0.6) is 0 Å². The number of fused-ring (bicyclic) bond motifs is 1. The molecule has 132 valence electrons. The van der Waals surface area contributed by atoms with Crippen LogP contribution in [0.3, 0.4) is 0 Å². The van der Waals surface area contributed by atoms with E-state index in [0.29, 0.717) is 22.3 Å². The molecule has 0 unspecified atom stereocenters. The minimum absolute atomic E-state index is 0.125. The van der Waals surface area contributed by atoms with Gasteiger partial charge in [0.15, 0.2) is 5.78 Å². The topological polar surface area (TPSA) is 104 Å². The largest absolute Gasteiger partial charge is 0.354 e. The number of hydrazine groups is 1. The van der Waals surface area contributed by atoms with Gasteiger partial charge in [0, 0.05) is 16.6 Å². The van der Waals surface area contributed by atoms with Crippen LogP contribution in [0.1, 0.15) is 49.5 Å². The number of nitrogens with one attached hydrogen (secondary N) is 3. The number of H-pyrrole nitrogens is 1. The predicted octanol–water partition coefficient (Wildman–Crippen LogP) is 2.46. The van der Waals surface area contributed by atoms with Crippen molar-refractivity contribution in [2.45, 2.75) is 20.8 Å². The van der Waals surface area contributed by atoms with Gasteiger partial charge in [0.25, 0.3) is 11.8 Å². The van der Waals surface area contributed by atoms with Gasteiger partial charge in [0.05, 0.1) is 5.52 Å². The van der Waals surface area contributed by atoms with Crippen LogP contribution in [0.15, 0.2) is 36.4 Å². The summed E-state index contributed by atoms with van der Waals surface area (Å²) in [6, 6.07) is 10.8. The Morgan fingerprint density at radius 3 is 2.35 bits per heavy atom. The van der Waals surface area contributed by atoms with Crippen LogP contribution in [-0.4, -0.2) is 27.6 Å². The molecule has 0 aliphatic carbocycles. The number of aromatic amines is 1. The smallest absolute Gasteiger partial charge is 0.288 e. The van der Waals surface area contributed by atoms with Gasteiger partial charge in [-0.25, -0.2) is 4.98 Å². The number of pyridine rings is 1. The third-order valence-electron chi connectivity index (χ3n) is 4.14. The molecule has 7 heteroatoms. The maximum absolute atomic E-state index is 12.3. The lowest BCUT2D eigenvalue weighted by Gasteiger charge is -2.07. The second-order valence-electron chi connectivity index (χ2n) is 5.98. The van der Waals surface area contributed by atoms with Crippen molar-refractivity contribution in [2.75, 3.05) is 0 Å². The lowest BCUT2D eigenvalue weighted by atomic mass is 10.1. The molecule has 2 heterocycles. The minimum Gasteiger partial charge on any atom is -0.354 e. The van der Waals surface area contributed by atoms with Crippen LogP contribution >= 0.6 is 0 Å². The molecular weight excluding hydrogens is 332 g/mol. The van der Waals surface area contributed by atoms with E-state index in [1.54, 1.807) is 32.0 Å². The summed E-state index contributed by atoms with van der Waals surface area (Å²) < 4.78 is 0. The molecule has 0 aliphatic rings. The van der Waals surface area contributed by atoms with Gasteiger partial charge in [0.2, 0.25) is 0 Å². The first kappa shape index (κ1) is 17.3. The van der Waals surface area contributed by atoms with Crippen molar-refractivity contribution in [1.29, 1.82) is 0 Å². The summed E-state index contributed by atoms with van der Waals surface area (Å²) in [7, 11) is 0. The van der Waals surface area contributed by atoms with Crippen LogP contribution in [0, 0.1) is 13.8 Å². The van der Waals surface area contributed by atoms with Gasteiger partial charge in [-0.2, -0.15) is 0 Å². The molecule has 7 nitrogen and oxygen atoms in total. The van der Waals surface area contributed by atoms with Crippen molar-refractivity contribution in [2.24, 2.45) is 0 Å². The summed E-state index contributed by atoms with van der Waals surface area (Å²) in [6.07, 6.45) is 0. The second kappa shape index (κ2) is 6.79. The summed E-state index contributed by atoms with van der Waals surface area (Å²) in [4.78, 5) is 43.4. The van der Waals surface area contributed by atoms with Gasteiger partial charge >= 0.3 is 0 Å². The summed E-state index contributed by atoms with van der Waals surface area (Å²) in [6.45, 7) is 4.85. The van der Waals surface area contributed by atoms with Crippen LogP contribution in [0.4, 0.5) is 0 Å². The molecule has 1 aromatic carbocycles. The molecular formula is C19H18N4O3. The first-order chi connectivity index (χ1) is 12.4. The zero-order valence-electron chi connectivity index (χ0n) is 14.6. The Balaban J connectivity index is 1.73. The van der Waals surface area contributed by atoms with E-state index in [1.807, 2.05) is 18.2 Å². The number of benzene rings is 1. The van der Waals surface area contributed by atoms with Gasteiger partial charge in [-0.1, -0.05) is 24.3 Å². The number of Topliss-reactive ketones (excluding diaryl/α,β-unsaturated/α-hetero) is 1. The highest BCUT2D eigenvalue weighted by Crippen LogP contribution is 2.18. The molecule has 0 atom stereocenters. The molecule has 0 saturated carbocycles. The molecule has 0 spiro atoms. The van der Waals surface area contributed by atoms with E-state index in [4.69, 9.17) is 0 Å². The Hall–Kier alpha value is -3.48. The summed E-state index contributed by atoms with van der Waals surface area (Å²) in [5.74, 6) is -1.19. The average Bonchev–Trinajstić information content (AvgIpc) is 2.93. The van der Waals surface area contributed by atoms with Crippen molar-refractivity contribution >= 4 is 28.5 Å². The number of hydrogen-bond donors (Lipinski definition) is 3. The highest BCUT2D eigenvalue weighted by molar-refractivity contribution is 6.03. The third kappa shape index (κ3) is 3.19. The van der Waals surface area contributed by atoms with Gasteiger partial charge in [-0.3, -0.25) is 25.2 Å². The molecule has 0 radical (unpaired) electrons. The number of aryl methyl sites for hydroxylation is 1. The standard InChI is InChI=1S/C19H18N4O3/c1-10-16(12(3)24)11(2)20-17(10)19(26)23-22-18(25)15-9-8-13-6-4-5-7-14(13)21-15/h4-9,20H,1-3H3,(H,22,25)(H,23,26). The van der Waals surface area contributed by atoms with Crippen LogP contribution < -0.4 is 10.9 Å². The molecule has 3 aromatic rings. The van der Waals surface area contributed by atoms with E-state index in [1.165, 1.54) is 6.92 Å². The van der Waals surface area contributed by atoms with Crippen molar-refractivity contribution in [1.82, 2.24) is 20.8 Å². The maximum atomic E-state index is 12.3. The molecule has 0 fully saturated rings. The van der Waals surface area contributed by atoms with E-state index in [-0.39, 0.29) is 17.2 Å². The Morgan fingerprint density at radius 1 is 0.962 bits per heavy atom. The highest BCUT2D eigenvalue weighted by Gasteiger charge is 2.20. The number of rotatable bonds is 3. The molecule has 26 heavy (non-hydrogen) atoms. The lowest BCUT2D eigenvalue weighted by Crippen LogP contribution is -2.42. The summed E-state index contributed by atoms with van der Waals surface area (Å²) >= 11 is 0. The molecule has 2 amide bonds. The first-order valence-corrected chi connectivity index (χ1v) is 8.05. The number of carbonyl (C=O) groups is 3. The van der Waals surface area contributed by atoms with Crippen LogP contribution in [-0.2, 0) is 0 Å². The number of para-hydroxylation sites is 1. The molecule has 3 N–H and O–H groups in total. The quantitative estimate of drug-likeness (QED) is 0.498. The van der Waals surface area contributed by atoms with Gasteiger partial charge in [-0.15, -0.1) is 0 Å². The zero-order valence-corrected chi connectivity index (χ0v) is 14.6. The van der Waals surface area contributed by atoms with Crippen molar-refractivity contribution in [3.63, 3.8) is 0 Å². The van der Waals surface area contributed by atoms with E-state index in [2.05, 4.69) is 20.8 Å². The van der Waals surface area contributed by atoms with Crippen LogP contribution in [0.2, 0.25) is 0 Å². The molecule has 0 aliphatic heterocycles. The maximum Gasteiger partial charge on any atom is 0.288 e. The number of amides is 2. The minimum atomic E-state index is -0.535. The summed E-state index contributed by atoms with van der Waals surface area (Å²) in [5.41, 5.74) is 7.44. The van der Waals surface area contributed by atoms with Gasteiger partial charge in [0.1, 0.15) is 11.4 Å². The number of aromatic nitrogens is 2. The zero-order chi connectivity index (χ0) is 18.8. The predicted molar refractivity (Wildman–Crippen MR) is 96.9 cm³/mol.